The number of carbonyl (C=O) groups excluding carboxylic acids is 3. The lowest BCUT2D eigenvalue weighted by Gasteiger charge is -2.23. The molecule has 0 unspecified atom stereocenters. The number of amides is 4. The molecule has 2 rings (SSSR count). The smallest absolute Gasteiger partial charge is 0.325 e. The molecule has 1 aliphatic rings. The molecule has 0 saturated carbocycles. The predicted molar refractivity (Wildman–Crippen MR) is 96.6 cm³/mol. The number of rotatable bonds is 6. The number of imide groups is 1. The van der Waals surface area contributed by atoms with Crippen molar-refractivity contribution in [3.8, 4) is 0 Å². The molecular weight excluding hydrogens is 365 g/mol. The first-order valence-corrected chi connectivity index (χ1v) is 8.87. The highest BCUT2D eigenvalue weighted by Gasteiger charge is 2.50. The van der Waals surface area contributed by atoms with Crippen LogP contribution in [0.4, 0.5) is 4.79 Å². The van der Waals surface area contributed by atoms with Crippen LogP contribution in [0.2, 0.25) is 10.0 Å². The molecule has 0 bridgehead atoms. The normalized spacial score (nSPS) is 20.2. The van der Waals surface area contributed by atoms with E-state index in [2.05, 4.69) is 10.6 Å². The second-order valence-electron chi connectivity index (χ2n) is 6.15. The van der Waals surface area contributed by atoms with Gasteiger partial charge in [-0.05, 0) is 31.9 Å². The molecule has 1 atom stereocenters. The number of halogens is 2. The molecule has 1 aromatic carbocycles. The molecule has 0 radical (unpaired) electrons. The Balaban J connectivity index is 2.20. The molecule has 1 saturated heterocycles. The van der Waals surface area contributed by atoms with Crippen LogP contribution in [-0.2, 0) is 15.1 Å². The van der Waals surface area contributed by atoms with Gasteiger partial charge in [0.1, 0.15) is 12.1 Å². The molecule has 0 aromatic heterocycles. The summed E-state index contributed by atoms with van der Waals surface area (Å²) in [6, 6.07) is 4.08. The number of carbonyl (C=O) groups is 3. The van der Waals surface area contributed by atoms with Crippen molar-refractivity contribution >= 4 is 41.0 Å². The summed E-state index contributed by atoms with van der Waals surface area (Å²) in [5, 5.41) is 6.13. The molecule has 1 heterocycles. The van der Waals surface area contributed by atoms with E-state index in [4.69, 9.17) is 23.2 Å². The third kappa shape index (κ3) is 3.90. The third-order valence-electron chi connectivity index (χ3n) is 4.40. The zero-order chi connectivity index (χ0) is 18.8. The zero-order valence-electron chi connectivity index (χ0n) is 14.4. The maximum atomic E-state index is 12.8. The summed E-state index contributed by atoms with van der Waals surface area (Å²) < 4.78 is 0. The highest BCUT2D eigenvalue weighted by molar-refractivity contribution is 6.35. The Morgan fingerprint density at radius 2 is 1.92 bits per heavy atom. The Morgan fingerprint density at radius 1 is 1.28 bits per heavy atom. The minimum atomic E-state index is -1.34. The molecule has 0 aliphatic carbocycles. The Morgan fingerprint density at radius 3 is 2.48 bits per heavy atom. The van der Waals surface area contributed by atoms with Crippen molar-refractivity contribution in [1.29, 1.82) is 0 Å². The van der Waals surface area contributed by atoms with Crippen LogP contribution in [0.25, 0.3) is 0 Å². The van der Waals surface area contributed by atoms with E-state index in [0.29, 0.717) is 10.6 Å². The van der Waals surface area contributed by atoms with Crippen molar-refractivity contribution in [3.63, 3.8) is 0 Å². The molecular formula is C17H21Cl2N3O3. The number of hydrogen-bond donors (Lipinski definition) is 2. The fourth-order valence-electron chi connectivity index (χ4n) is 2.83. The molecule has 25 heavy (non-hydrogen) atoms. The Labute approximate surface area is 156 Å². The average Bonchev–Trinajstić information content (AvgIpc) is 2.76. The summed E-state index contributed by atoms with van der Waals surface area (Å²) in [5.74, 6) is -0.898. The van der Waals surface area contributed by atoms with E-state index in [1.165, 1.54) is 6.07 Å². The number of benzene rings is 1. The van der Waals surface area contributed by atoms with Crippen molar-refractivity contribution < 1.29 is 14.4 Å². The topological polar surface area (TPSA) is 78.5 Å². The highest BCUT2D eigenvalue weighted by atomic mass is 35.5. The van der Waals surface area contributed by atoms with Gasteiger partial charge >= 0.3 is 6.03 Å². The molecule has 6 nitrogen and oxygen atoms in total. The van der Waals surface area contributed by atoms with Crippen LogP contribution in [-0.4, -0.2) is 35.3 Å². The lowest BCUT2D eigenvalue weighted by atomic mass is 9.92. The lowest BCUT2D eigenvalue weighted by molar-refractivity contribution is -0.135. The molecule has 0 spiro atoms. The Kier molecular flexibility index (Phi) is 5.95. The van der Waals surface area contributed by atoms with Crippen molar-refractivity contribution in [2.24, 2.45) is 0 Å². The Hall–Kier alpha value is -1.79. The van der Waals surface area contributed by atoms with Crippen molar-refractivity contribution in [1.82, 2.24) is 15.5 Å². The number of hydrogen-bond acceptors (Lipinski definition) is 3. The largest absolute Gasteiger partial charge is 0.352 e. The fraction of sp³-hybridized carbons (Fsp3) is 0.471. The van der Waals surface area contributed by atoms with Crippen molar-refractivity contribution in [3.05, 3.63) is 33.8 Å². The van der Waals surface area contributed by atoms with Gasteiger partial charge < -0.3 is 10.6 Å². The minimum Gasteiger partial charge on any atom is -0.352 e. The van der Waals surface area contributed by atoms with Gasteiger partial charge in [0.2, 0.25) is 5.91 Å². The van der Waals surface area contributed by atoms with E-state index in [1.807, 2.05) is 13.8 Å². The summed E-state index contributed by atoms with van der Waals surface area (Å²) in [4.78, 5) is 38.1. The van der Waals surface area contributed by atoms with Crippen molar-refractivity contribution in [2.45, 2.75) is 45.2 Å². The van der Waals surface area contributed by atoms with Crippen LogP contribution in [0, 0.1) is 0 Å². The molecule has 4 amide bonds. The van der Waals surface area contributed by atoms with Crippen molar-refractivity contribution in [2.75, 3.05) is 6.54 Å². The minimum absolute atomic E-state index is 0.0189. The van der Waals surface area contributed by atoms with Crippen LogP contribution < -0.4 is 10.6 Å². The highest BCUT2D eigenvalue weighted by Crippen LogP contribution is 2.34. The van der Waals surface area contributed by atoms with E-state index >= 15 is 0 Å². The van der Waals surface area contributed by atoms with Gasteiger partial charge in [-0.2, -0.15) is 0 Å². The van der Waals surface area contributed by atoms with Gasteiger partial charge in [-0.3, -0.25) is 14.5 Å². The first-order valence-electron chi connectivity index (χ1n) is 8.11. The maximum absolute atomic E-state index is 12.8. The van der Waals surface area contributed by atoms with Gasteiger partial charge in [-0.1, -0.05) is 43.1 Å². The molecule has 2 N–H and O–H groups in total. The van der Waals surface area contributed by atoms with Gasteiger partial charge in [0.25, 0.3) is 5.91 Å². The monoisotopic (exact) mass is 385 g/mol. The molecule has 8 heteroatoms. The zero-order valence-corrected chi connectivity index (χ0v) is 15.9. The summed E-state index contributed by atoms with van der Waals surface area (Å²) >= 11 is 12.1. The van der Waals surface area contributed by atoms with E-state index in [-0.39, 0.29) is 23.5 Å². The molecule has 1 aliphatic heterocycles. The standard InChI is InChI=1S/C17H21Cl2N3O3/c1-4-11(5-2)20-14(23)9-22-15(24)17(3,21-16(22)25)12-7-6-10(18)8-13(12)19/h6-8,11H,4-5,9H2,1-3H3,(H,20,23)(H,21,25)/t17-/m0/s1. The van der Waals surface area contributed by atoms with E-state index < -0.39 is 17.5 Å². The fourth-order valence-corrected chi connectivity index (χ4v) is 3.43. The summed E-state index contributed by atoms with van der Waals surface area (Å²) in [7, 11) is 0. The quantitative estimate of drug-likeness (QED) is 0.738. The lowest BCUT2D eigenvalue weighted by Crippen LogP contribution is -2.45. The predicted octanol–water partition coefficient (Wildman–Crippen LogP) is 3.07. The average molecular weight is 386 g/mol. The maximum Gasteiger partial charge on any atom is 0.325 e. The molecule has 136 valence electrons. The molecule has 1 fully saturated rings. The second-order valence-corrected chi connectivity index (χ2v) is 7.00. The summed E-state index contributed by atoms with van der Waals surface area (Å²) in [5.41, 5.74) is -0.909. The van der Waals surface area contributed by atoms with E-state index in [1.54, 1.807) is 19.1 Å². The summed E-state index contributed by atoms with van der Waals surface area (Å²) in [6.07, 6.45) is 1.56. The first-order chi connectivity index (χ1) is 11.7. The van der Waals surface area contributed by atoms with Gasteiger partial charge in [0.05, 0.1) is 0 Å². The number of nitrogens with zero attached hydrogens (tertiary/aromatic N) is 1. The second kappa shape index (κ2) is 7.62. The number of nitrogens with one attached hydrogen (secondary N) is 2. The van der Waals surface area contributed by atoms with Gasteiger partial charge in [-0.15, -0.1) is 0 Å². The van der Waals surface area contributed by atoms with Crippen LogP contribution >= 0.6 is 23.2 Å². The molecule has 1 aromatic rings. The summed E-state index contributed by atoms with van der Waals surface area (Å²) in [6.45, 7) is 5.15. The van der Waals surface area contributed by atoms with Crippen LogP contribution in [0.3, 0.4) is 0 Å². The first kappa shape index (κ1) is 19.5. The van der Waals surface area contributed by atoms with E-state index in [9.17, 15) is 14.4 Å². The van der Waals surface area contributed by atoms with E-state index in [0.717, 1.165) is 17.7 Å². The third-order valence-corrected chi connectivity index (χ3v) is 4.95. The van der Waals surface area contributed by atoms with Gasteiger partial charge in [0, 0.05) is 21.7 Å². The number of urea groups is 1. The van der Waals surface area contributed by atoms with Gasteiger partial charge in [0.15, 0.2) is 0 Å². The Bertz CT molecular complexity index is 706. The van der Waals surface area contributed by atoms with Crippen LogP contribution in [0.5, 0.6) is 0 Å². The van der Waals surface area contributed by atoms with Crippen LogP contribution in [0.15, 0.2) is 18.2 Å². The van der Waals surface area contributed by atoms with Crippen LogP contribution in [0.1, 0.15) is 39.2 Å². The van der Waals surface area contributed by atoms with Gasteiger partial charge in [-0.25, -0.2) is 4.79 Å². The SMILES string of the molecule is CCC(CC)NC(=O)CN1C(=O)N[C@@](C)(c2ccc(Cl)cc2Cl)C1=O.